The van der Waals surface area contributed by atoms with Crippen molar-refractivity contribution in [1.29, 1.82) is 0 Å². The van der Waals surface area contributed by atoms with Crippen LogP contribution in [0, 0.1) is 6.92 Å². The first-order valence-corrected chi connectivity index (χ1v) is 7.06. The Morgan fingerprint density at radius 1 is 1.25 bits per heavy atom. The lowest BCUT2D eigenvalue weighted by atomic mass is 10.1. The minimum Gasteiger partial charge on any atom is -0.328 e. The Kier molecular flexibility index (Phi) is 4.77. The average molecular weight is 340 g/mol. The lowest BCUT2D eigenvalue weighted by Crippen LogP contribution is -2.46. The second-order valence-electron chi connectivity index (χ2n) is 5.42. The summed E-state index contributed by atoms with van der Waals surface area (Å²) in [5.74, 6) is -2.34. The Bertz CT molecular complexity index is 713. The summed E-state index contributed by atoms with van der Waals surface area (Å²) in [5, 5.41) is 0. The fourth-order valence-corrected chi connectivity index (χ4v) is 2.41. The summed E-state index contributed by atoms with van der Waals surface area (Å²) in [6, 6.07) is 4.62. The molecule has 3 amide bonds. The zero-order valence-corrected chi connectivity index (χ0v) is 12.9. The molecule has 8 heteroatoms. The number of rotatable bonds is 5. The molecule has 24 heavy (non-hydrogen) atoms. The molecule has 0 fully saturated rings. The zero-order chi connectivity index (χ0) is 18.1. The molecule has 1 aromatic rings. The predicted molar refractivity (Wildman–Crippen MR) is 79.4 cm³/mol. The van der Waals surface area contributed by atoms with Crippen molar-refractivity contribution in [2.24, 2.45) is 0 Å². The van der Waals surface area contributed by atoms with E-state index in [9.17, 15) is 27.6 Å². The highest BCUT2D eigenvalue weighted by molar-refractivity contribution is 6.22. The molecule has 0 bridgehead atoms. The van der Waals surface area contributed by atoms with Crippen LogP contribution in [0.15, 0.2) is 30.9 Å². The largest absolute Gasteiger partial charge is 0.406 e. The number of carbonyl (C=O) groups is 3. The first kappa shape index (κ1) is 17.7. The van der Waals surface area contributed by atoms with Gasteiger partial charge in [0, 0.05) is 6.54 Å². The van der Waals surface area contributed by atoms with Gasteiger partial charge in [-0.3, -0.25) is 19.3 Å². The summed E-state index contributed by atoms with van der Waals surface area (Å²) in [4.78, 5) is 37.7. The van der Waals surface area contributed by atoms with E-state index in [1.165, 1.54) is 12.1 Å². The number of aryl methyl sites for hydroxylation is 1. The van der Waals surface area contributed by atoms with E-state index in [4.69, 9.17) is 0 Å². The molecule has 0 unspecified atom stereocenters. The van der Waals surface area contributed by atoms with Crippen molar-refractivity contribution in [1.82, 2.24) is 9.80 Å². The minimum absolute atomic E-state index is 0.143. The number of imide groups is 1. The topological polar surface area (TPSA) is 57.7 Å². The van der Waals surface area contributed by atoms with Crippen molar-refractivity contribution in [2.45, 2.75) is 13.1 Å². The Balaban J connectivity index is 2.18. The number of carbonyl (C=O) groups excluding carboxylic acids is 3. The van der Waals surface area contributed by atoms with Gasteiger partial charge in [0.15, 0.2) is 0 Å². The monoisotopic (exact) mass is 340 g/mol. The molecule has 0 atom stereocenters. The number of hydrogen-bond acceptors (Lipinski definition) is 3. The van der Waals surface area contributed by atoms with Crippen LogP contribution in [0.25, 0.3) is 0 Å². The van der Waals surface area contributed by atoms with E-state index in [2.05, 4.69) is 6.58 Å². The second-order valence-corrected chi connectivity index (χ2v) is 5.42. The standard InChI is InChI=1S/C16H15F3N2O3/c1-3-6-20(9-16(17,18)19)13(22)8-21-14(23)11-5-4-10(2)7-12(11)15(21)24/h3-5,7H,1,6,8-9H2,2H3. The Labute approximate surface area is 136 Å². The molecule has 128 valence electrons. The SMILES string of the molecule is C=CCN(CC(F)(F)F)C(=O)CN1C(=O)c2ccc(C)cc2C1=O. The second kappa shape index (κ2) is 6.46. The molecule has 5 nitrogen and oxygen atoms in total. The molecule has 1 aliphatic heterocycles. The smallest absolute Gasteiger partial charge is 0.328 e. The van der Waals surface area contributed by atoms with Crippen LogP contribution in [0.3, 0.4) is 0 Å². The van der Waals surface area contributed by atoms with Gasteiger partial charge < -0.3 is 4.90 Å². The van der Waals surface area contributed by atoms with Gasteiger partial charge in [-0.25, -0.2) is 0 Å². The molecule has 0 radical (unpaired) electrons. The Morgan fingerprint density at radius 3 is 2.46 bits per heavy atom. The van der Waals surface area contributed by atoms with E-state index in [0.29, 0.717) is 9.80 Å². The van der Waals surface area contributed by atoms with Gasteiger partial charge >= 0.3 is 6.18 Å². The van der Waals surface area contributed by atoms with E-state index in [1.807, 2.05) is 0 Å². The third kappa shape index (κ3) is 3.64. The Hall–Kier alpha value is -2.64. The van der Waals surface area contributed by atoms with Gasteiger partial charge in [0.2, 0.25) is 5.91 Å². The fourth-order valence-electron chi connectivity index (χ4n) is 2.41. The number of benzene rings is 1. The first-order chi connectivity index (χ1) is 11.1. The molecule has 2 rings (SSSR count). The molecule has 0 saturated carbocycles. The van der Waals surface area contributed by atoms with Crippen LogP contribution in [0.1, 0.15) is 26.3 Å². The van der Waals surface area contributed by atoms with Crippen LogP contribution < -0.4 is 0 Å². The van der Waals surface area contributed by atoms with Gasteiger partial charge in [-0.05, 0) is 19.1 Å². The van der Waals surface area contributed by atoms with Crippen LogP contribution in [0.4, 0.5) is 13.2 Å². The maximum Gasteiger partial charge on any atom is 0.406 e. The van der Waals surface area contributed by atoms with Crippen LogP contribution >= 0.6 is 0 Å². The van der Waals surface area contributed by atoms with Crippen molar-refractivity contribution in [3.63, 3.8) is 0 Å². The lowest BCUT2D eigenvalue weighted by Gasteiger charge is -2.24. The van der Waals surface area contributed by atoms with E-state index >= 15 is 0 Å². The van der Waals surface area contributed by atoms with Gasteiger partial charge in [0.05, 0.1) is 11.1 Å². The summed E-state index contributed by atoms with van der Waals surface area (Å²) in [5.41, 5.74) is 1.05. The summed E-state index contributed by atoms with van der Waals surface area (Å²) < 4.78 is 37.6. The van der Waals surface area contributed by atoms with E-state index in [-0.39, 0.29) is 17.7 Å². The number of hydrogen-bond donors (Lipinski definition) is 0. The molecular formula is C16H15F3N2O3. The van der Waals surface area contributed by atoms with Crippen LogP contribution in [-0.4, -0.2) is 53.3 Å². The molecule has 0 saturated heterocycles. The molecule has 0 N–H and O–H groups in total. The van der Waals surface area contributed by atoms with Crippen molar-refractivity contribution in [3.8, 4) is 0 Å². The van der Waals surface area contributed by atoms with Crippen LogP contribution in [0.5, 0.6) is 0 Å². The van der Waals surface area contributed by atoms with Gasteiger partial charge in [0.1, 0.15) is 13.1 Å². The number of alkyl halides is 3. The van der Waals surface area contributed by atoms with Gasteiger partial charge in [-0.2, -0.15) is 13.2 Å². The molecule has 0 spiro atoms. The molecule has 1 aliphatic rings. The van der Waals surface area contributed by atoms with Crippen molar-refractivity contribution < 1.29 is 27.6 Å². The lowest BCUT2D eigenvalue weighted by molar-refractivity contribution is -0.160. The predicted octanol–water partition coefficient (Wildman–Crippen LogP) is 2.17. The average Bonchev–Trinajstić information content (AvgIpc) is 2.70. The van der Waals surface area contributed by atoms with Crippen LogP contribution in [0.2, 0.25) is 0 Å². The highest BCUT2D eigenvalue weighted by Gasteiger charge is 2.39. The van der Waals surface area contributed by atoms with E-state index < -0.39 is 37.0 Å². The number of amides is 3. The Morgan fingerprint density at radius 2 is 1.88 bits per heavy atom. The normalized spacial score (nSPS) is 13.9. The molecular weight excluding hydrogens is 325 g/mol. The maximum atomic E-state index is 12.5. The fraction of sp³-hybridized carbons (Fsp3) is 0.312. The summed E-state index contributed by atoms with van der Waals surface area (Å²) in [7, 11) is 0. The molecule has 0 aliphatic carbocycles. The van der Waals surface area contributed by atoms with Crippen molar-refractivity contribution in [3.05, 3.63) is 47.5 Å². The van der Waals surface area contributed by atoms with Crippen molar-refractivity contribution >= 4 is 17.7 Å². The van der Waals surface area contributed by atoms with Crippen LogP contribution in [-0.2, 0) is 4.79 Å². The van der Waals surface area contributed by atoms with Gasteiger partial charge in [-0.1, -0.05) is 17.7 Å². The van der Waals surface area contributed by atoms with Gasteiger partial charge in [0.25, 0.3) is 11.8 Å². The summed E-state index contributed by atoms with van der Waals surface area (Å²) in [6.45, 7) is 2.50. The third-order valence-corrected chi connectivity index (χ3v) is 3.49. The third-order valence-electron chi connectivity index (χ3n) is 3.49. The number of nitrogens with zero attached hydrogens (tertiary/aromatic N) is 2. The molecule has 0 aromatic heterocycles. The first-order valence-electron chi connectivity index (χ1n) is 7.06. The molecule has 1 heterocycles. The highest BCUT2D eigenvalue weighted by Crippen LogP contribution is 2.24. The highest BCUT2D eigenvalue weighted by atomic mass is 19.4. The molecule has 1 aromatic carbocycles. The maximum absolute atomic E-state index is 12.5. The van der Waals surface area contributed by atoms with E-state index in [1.54, 1.807) is 13.0 Å². The summed E-state index contributed by atoms with van der Waals surface area (Å²) in [6.07, 6.45) is -3.44. The summed E-state index contributed by atoms with van der Waals surface area (Å²) >= 11 is 0. The van der Waals surface area contributed by atoms with Crippen molar-refractivity contribution in [2.75, 3.05) is 19.6 Å². The number of fused-ring (bicyclic) bond motifs is 1. The number of halogens is 3. The quantitative estimate of drug-likeness (QED) is 0.610. The zero-order valence-electron chi connectivity index (χ0n) is 12.9. The van der Waals surface area contributed by atoms with Gasteiger partial charge in [-0.15, -0.1) is 6.58 Å². The minimum atomic E-state index is -4.59. The van der Waals surface area contributed by atoms with E-state index in [0.717, 1.165) is 11.6 Å².